The molecule has 0 unspecified atom stereocenters. The Balaban J connectivity index is 2.47. The second kappa shape index (κ2) is 6.78. The largest absolute Gasteiger partial charge is 0.491 e. The summed E-state index contributed by atoms with van der Waals surface area (Å²) in [6, 6.07) is 7.15. The van der Waals surface area contributed by atoms with E-state index in [0.29, 0.717) is 6.54 Å². The van der Waals surface area contributed by atoms with E-state index in [1.165, 1.54) is 0 Å². The molecule has 0 aliphatic heterocycles. The minimum absolute atomic E-state index is 0.154. The molecule has 0 fully saturated rings. The van der Waals surface area contributed by atoms with Crippen LogP contribution in [0.4, 0.5) is 10.5 Å². The van der Waals surface area contributed by atoms with Crippen LogP contribution in [-0.2, 0) is 0 Å². The van der Waals surface area contributed by atoms with E-state index in [-0.39, 0.29) is 12.1 Å². The van der Waals surface area contributed by atoms with E-state index in [9.17, 15) is 4.79 Å². The fraction of sp³-hybridized carbons (Fsp3) is 0.462. The number of amides is 2. The smallest absolute Gasteiger partial charge is 0.319 e. The molecule has 1 aromatic carbocycles. The molecule has 0 heterocycles. The van der Waals surface area contributed by atoms with Gasteiger partial charge in [-0.2, -0.15) is 0 Å². The number of rotatable bonds is 5. The number of nitrogens with one attached hydrogen (secondary N) is 2. The molecule has 2 amide bonds. The molecule has 0 atom stereocenters. The summed E-state index contributed by atoms with van der Waals surface area (Å²) in [5, 5.41) is 5.50. The molecular formula is C13H20N2O2. The van der Waals surface area contributed by atoms with Crippen molar-refractivity contribution in [1.29, 1.82) is 0 Å². The van der Waals surface area contributed by atoms with Gasteiger partial charge in [-0.1, -0.05) is 6.92 Å². The normalized spacial score (nSPS) is 10.1. The highest BCUT2D eigenvalue weighted by molar-refractivity contribution is 5.89. The summed E-state index contributed by atoms with van der Waals surface area (Å²) in [4.78, 5) is 11.4. The average Bonchev–Trinajstić information content (AvgIpc) is 2.28. The number of urea groups is 1. The highest BCUT2D eigenvalue weighted by Crippen LogP contribution is 2.16. The fourth-order valence-electron chi connectivity index (χ4n) is 1.30. The van der Waals surface area contributed by atoms with Gasteiger partial charge in [-0.05, 0) is 44.5 Å². The van der Waals surface area contributed by atoms with Crippen LogP contribution in [0.5, 0.6) is 5.75 Å². The predicted octanol–water partition coefficient (Wildman–Crippen LogP) is 3.01. The van der Waals surface area contributed by atoms with Crippen molar-refractivity contribution in [2.75, 3.05) is 11.9 Å². The molecule has 0 aromatic heterocycles. The van der Waals surface area contributed by atoms with Gasteiger partial charge >= 0.3 is 6.03 Å². The quantitative estimate of drug-likeness (QED) is 0.825. The summed E-state index contributed by atoms with van der Waals surface area (Å²) in [6.07, 6.45) is 1.08. The molecule has 0 aliphatic rings. The molecule has 0 radical (unpaired) electrons. The minimum Gasteiger partial charge on any atom is -0.491 e. The Morgan fingerprint density at radius 2 is 1.94 bits per heavy atom. The third-order valence-corrected chi connectivity index (χ3v) is 2.02. The maximum atomic E-state index is 11.4. The lowest BCUT2D eigenvalue weighted by Crippen LogP contribution is -2.29. The molecule has 4 heteroatoms. The van der Waals surface area contributed by atoms with E-state index in [0.717, 1.165) is 17.9 Å². The number of carbonyl (C=O) groups is 1. The minimum atomic E-state index is -0.177. The Morgan fingerprint density at radius 1 is 1.29 bits per heavy atom. The van der Waals surface area contributed by atoms with Gasteiger partial charge in [-0.3, -0.25) is 0 Å². The van der Waals surface area contributed by atoms with Crippen LogP contribution in [0.1, 0.15) is 27.2 Å². The lowest BCUT2D eigenvalue weighted by atomic mass is 10.3. The van der Waals surface area contributed by atoms with Crippen molar-refractivity contribution in [3.05, 3.63) is 24.3 Å². The first-order valence-electron chi connectivity index (χ1n) is 5.93. The predicted molar refractivity (Wildman–Crippen MR) is 69.5 cm³/mol. The van der Waals surface area contributed by atoms with Crippen LogP contribution in [0.25, 0.3) is 0 Å². The number of anilines is 1. The number of carbonyl (C=O) groups excluding carboxylic acids is 1. The zero-order valence-electron chi connectivity index (χ0n) is 10.6. The van der Waals surface area contributed by atoms with Gasteiger partial charge in [0.05, 0.1) is 6.10 Å². The van der Waals surface area contributed by atoms with Gasteiger partial charge < -0.3 is 15.4 Å². The van der Waals surface area contributed by atoms with Gasteiger partial charge in [0.1, 0.15) is 5.75 Å². The SMILES string of the molecule is CCCNC(=O)Nc1ccc(OC(C)C)cc1. The molecule has 1 rings (SSSR count). The van der Waals surface area contributed by atoms with E-state index in [4.69, 9.17) is 4.74 Å². The molecular weight excluding hydrogens is 216 g/mol. The highest BCUT2D eigenvalue weighted by Gasteiger charge is 2.01. The first kappa shape index (κ1) is 13.4. The third kappa shape index (κ3) is 5.24. The molecule has 17 heavy (non-hydrogen) atoms. The molecule has 2 N–H and O–H groups in total. The van der Waals surface area contributed by atoms with E-state index in [1.807, 2.05) is 45.0 Å². The third-order valence-electron chi connectivity index (χ3n) is 2.02. The second-order valence-corrected chi connectivity index (χ2v) is 4.07. The monoisotopic (exact) mass is 236 g/mol. The maximum Gasteiger partial charge on any atom is 0.319 e. The summed E-state index contributed by atoms with van der Waals surface area (Å²) in [5.41, 5.74) is 0.759. The van der Waals surface area contributed by atoms with Crippen LogP contribution in [0.15, 0.2) is 24.3 Å². The number of benzene rings is 1. The fourth-order valence-corrected chi connectivity index (χ4v) is 1.30. The van der Waals surface area contributed by atoms with Gasteiger partial charge in [-0.15, -0.1) is 0 Å². The standard InChI is InChI=1S/C13H20N2O2/c1-4-9-14-13(16)15-11-5-7-12(8-6-11)17-10(2)3/h5-8,10H,4,9H2,1-3H3,(H2,14,15,16). The van der Waals surface area contributed by atoms with Crippen LogP contribution >= 0.6 is 0 Å². The summed E-state index contributed by atoms with van der Waals surface area (Å²) < 4.78 is 5.51. The lowest BCUT2D eigenvalue weighted by Gasteiger charge is -2.11. The number of hydrogen-bond donors (Lipinski definition) is 2. The highest BCUT2D eigenvalue weighted by atomic mass is 16.5. The molecule has 0 spiro atoms. The van der Waals surface area contributed by atoms with Gasteiger partial charge in [0.2, 0.25) is 0 Å². The number of hydrogen-bond acceptors (Lipinski definition) is 2. The molecule has 94 valence electrons. The molecule has 0 saturated heterocycles. The number of ether oxygens (including phenoxy) is 1. The molecule has 0 aliphatic carbocycles. The zero-order valence-corrected chi connectivity index (χ0v) is 10.6. The molecule has 0 saturated carbocycles. The van der Waals surface area contributed by atoms with Gasteiger partial charge in [0.15, 0.2) is 0 Å². The summed E-state index contributed by atoms with van der Waals surface area (Å²) in [7, 11) is 0. The van der Waals surface area contributed by atoms with E-state index < -0.39 is 0 Å². The Bertz CT molecular complexity index is 347. The maximum absolute atomic E-state index is 11.4. The topological polar surface area (TPSA) is 50.4 Å². The van der Waals surface area contributed by atoms with Crippen molar-refractivity contribution < 1.29 is 9.53 Å². The van der Waals surface area contributed by atoms with Crippen LogP contribution in [-0.4, -0.2) is 18.7 Å². The van der Waals surface area contributed by atoms with Crippen molar-refractivity contribution in [2.24, 2.45) is 0 Å². The van der Waals surface area contributed by atoms with Crippen molar-refractivity contribution in [3.8, 4) is 5.75 Å². The molecule has 4 nitrogen and oxygen atoms in total. The van der Waals surface area contributed by atoms with Crippen molar-refractivity contribution in [1.82, 2.24) is 5.32 Å². The first-order valence-corrected chi connectivity index (χ1v) is 5.93. The molecule has 0 bridgehead atoms. The Kier molecular flexibility index (Phi) is 5.33. The van der Waals surface area contributed by atoms with Crippen LogP contribution in [0, 0.1) is 0 Å². The van der Waals surface area contributed by atoms with Gasteiger partial charge in [-0.25, -0.2) is 4.79 Å². The van der Waals surface area contributed by atoms with Crippen molar-refractivity contribution in [2.45, 2.75) is 33.3 Å². The average molecular weight is 236 g/mol. The van der Waals surface area contributed by atoms with Gasteiger partial charge in [0.25, 0.3) is 0 Å². The van der Waals surface area contributed by atoms with Crippen LogP contribution in [0.3, 0.4) is 0 Å². The Morgan fingerprint density at radius 3 is 2.47 bits per heavy atom. The van der Waals surface area contributed by atoms with Crippen LogP contribution in [0.2, 0.25) is 0 Å². The summed E-state index contributed by atoms with van der Waals surface area (Å²) >= 11 is 0. The van der Waals surface area contributed by atoms with Crippen molar-refractivity contribution in [3.63, 3.8) is 0 Å². The van der Waals surface area contributed by atoms with Crippen molar-refractivity contribution >= 4 is 11.7 Å². The summed E-state index contributed by atoms with van der Waals surface area (Å²) in [5.74, 6) is 0.805. The Labute approximate surface area is 102 Å². The first-order chi connectivity index (χ1) is 8.11. The van der Waals surface area contributed by atoms with Gasteiger partial charge in [0, 0.05) is 12.2 Å². The second-order valence-electron chi connectivity index (χ2n) is 4.07. The molecule has 1 aromatic rings. The zero-order chi connectivity index (χ0) is 12.7. The van der Waals surface area contributed by atoms with Crippen LogP contribution < -0.4 is 15.4 Å². The Hall–Kier alpha value is -1.71. The lowest BCUT2D eigenvalue weighted by molar-refractivity contribution is 0.242. The van der Waals surface area contributed by atoms with E-state index in [1.54, 1.807) is 0 Å². The van der Waals surface area contributed by atoms with E-state index in [2.05, 4.69) is 10.6 Å². The van der Waals surface area contributed by atoms with E-state index >= 15 is 0 Å². The summed E-state index contributed by atoms with van der Waals surface area (Å²) in [6.45, 7) is 6.65.